The van der Waals surface area contributed by atoms with Crippen LogP contribution in [0, 0.1) is 17.8 Å². The normalized spacial score (nSPS) is 19.5. The molecule has 0 spiro atoms. The number of aromatic nitrogens is 1. The molecule has 1 fully saturated rings. The van der Waals surface area contributed by atoms with E-state index in [2.05, 4.69) is 20.8 Å². The van der Waals surface area contributed by atoms with Gasteiger partial charge in [0.15, 0.2) is 0 Å². The van der Waals surface area contributed by atoms with E-state index in [1.54, 1.807) is 13.1 Å². The second-order valence-corrected chi connectivity index (χ2v) is 7.92. The molecular formula is C24H21F3N4O4. The van der Waals surface area contributed by atoms with Crippen molar-refractivity contribution >= 4 is 40.6 Å². The van der Waals surface area contributed by atoms with Gasteiger partial charge in [0, 0.05) is 28.4 Å². The van der Waals surface area contributed by atoms with Crippen LogP contribution in [-0.4, -0.2) is 35.6 Å². The largest absolute Gasteiger partial charge is 0.466 e. The molecule has 35 heavy (non-hydrogen) atoms. The first-order chi connectivity index (χ1) is 16.7. The smallest absolute Gasteiger partial charge is 0.416 e. The molecule has 1 aliphatic rings. The minimum atomic E-state index is -4.58. The molecule has 0 unspecified atom stereocenters. The summed E-state index contributed by atoms with van der Waals surface area (Å²) in [5.74, 6) is -5.42. The van der Waals surface area contributed by atoms with Gasteiger partial charge >= 0.3 is 12.1 Å². The number of hydrazone groups is 1. The standard InChI is InChI=1S/C24H21F3N4O4/c1-2-35-23(34)20-18(21(32)30-15-7-5-6-14(10-15)24(25,26)27)19(20)22(33)31-29-12-13-11-28-17-9-4-3-8-16(13)17/h3-12,18-20,28H,2H2,1H3,(H,30,32)(H,31,33)/b29-12+/t18-,19+,20+/m1/s1. The summed E-state index contributed by atoms with van der Waals surface area (Å²) in [6, 6.07) is 11.6. The number of esters is 1. The van der Waals surface area contributed by atoms with Crippen LogP contribution in [0.25, 0.3) is 10.9 Å². The van der Waals surface area contributed by atoms with E-state index in [1.165, 1.54) is 12.3 Å². The second kappa shape index (κ2) is 9.61. The lowest BCUT2D eigenvalue weighted by atomic mass is 10.2. The van der Waals surface area contributed by atoms with Crippen LogP contribution in [-0.2, 0) is 25.3 Å². The van der Waals surface area contributed by atoms with Gasteiger partial charge in [-0.1, -0.05) is 24.3 Å². The van der Waals surface area contributed by atoms with E-state index in [1.807, 2.05) is 24.3 Å². The van der Waals surface area contributed by atoms with Gasteiger partial charge in [-0.3, -0.25) is 14.4 Å². The fraction of sp³-hybridized carbons (Fsp3) is 0.250. The molecule has 0 saturated heterocycles. The van der Waals surface area contributed by atoms with Gasteiger partial charge in [0.05, 0.1) is 36.1 Å². The molecular weight excluding hydrogens is 465 g/mol. The number of anilines is 1. The molecule has 8 nitrogen and oxygen atoms in total. The maximum absolute atomic E-state index is 13.0. The van der Waals surface area contributed by atoms with Crippen molar-refractivity contribution in [3.8, 4) is 0 Å². The summed E-state index contributed by atoms with van der Waals surface area (Å²) in [5.41, 5.74) is 2.90. The number of benzene rings is 2. The Labute approximate surface area is 197 Å². The number of rotatable bonds is 7. The van der Waals surface area contributed by atoms with Crippen LogP contribution >= 0.6 is 0 Å². The van der Waals surface area contributed by atoms with Gasteiger partial charge in [0.25, 0.3) is 0 Å². The maximum Gasteiger partial charge on any atom is 0.416 e. The van der Waals surface area contributed by atoms with Crippen molar-refractivity contribution in [2.75, 3.05) is 11.9 Å². The Morgan fingerprint density at radius 2 is 1.80 bits per heavy atom. The van der Waals surface area contributed by atoms with Crippen molar-refractivity contribution in [3.05, 3.63) is 65.9 Å². The summed E-state index contributed by atoms with van der Waals surface area (Å²) in [5, 5.41) is 7.17. The van der Waals surface area contributed by atoms with Gasteiger partial charge < -0.3 is 15.0 Å². The highest BCUT2D eigenvalue weighted by atomic mass is 19.4. The zero-order chi connectivity index (χ0) is 25.2. The molecule has 3 atom stereocenters. The quantitative estimate of drug-likeness (QED) is 0.269. The lowest BCUT2D eigenvalue weighted by molar-refractivity contribution is -0.146. The van der Waals surface area contributed by atoms with Crippen molar-refractivity contribution in [3.63, 3.8) is 0 Å². The topological polar surface area (TPSA) is 113 Å². The van der Waals surface area contributed by atoms with Crippen LogP contribution in [0.15, 0.2) is 59.8 Å². The molecule has 1 saturated carbocycles. The average Bonchev–Trinajstić information content (AvgIpc) is 3.46. The van der Waals surface area contributed by atoms with E-state index < -0.39 is 47.3 Å². The molecule has 1 aliphatic carbocycles. The number of hydrogen-bond donors (Lipinski definition) is 3. The van der Waals surface area contributed by atoms with Crippen molar-refractivity contribution in [2.24, 2.45) is 22.9 Å². The summed E-state index contributed by atoms with van der Waals surface area (Å²) in [6.45, 7) is 1.63. The molecule has 11 heteroatoms. The van der Waals surface area contributed by atoms with Crippen molar-refractivity contribution in [1.29, 1.82) is 0 Å². The first-order valence-electron chi connectivity index (χ1n) is 10.7. The Morgan fingerprint density at radius 1 is 1.06 bits per heavy atom. The minimum Gasteiger partial charge on any atom is -0.466 e. The molecule has 3 aromatic rings. The van der Waals surface area contributed by atoms with E-state index in [0.29, 0.717) is 0 Å². The van der Waals surface area contributed by atoms with Crippen LogP contribution in [0.2, 0.25) is 0 Å². The number of halogens is 3. The zero-order valence-corrected chi connectivity index (χ0v) is 18.4. The van der Waals surface area contributed by atoms with Crippen LogP contribution in [0.1, 0.15) is 18.1 Å². The Bertz CT molecular complexity index is 1300. The summed E-state index contributed by atoms with van der Waals surface area (Å²) >= 11 is 0. The number of carbonyl (C=O) groups is 3. The third-order valence-corrected chi connectivity index (χ3v) is 5.64. The van der Waals surface area contributed by atoms with E-state index in [-0.39, 0.29) is 12.3 Å². The molecule has 2 amide bonds. The number of nitrogens with zero attached hydrogens (tertiary/aromatic N) is 1. The van der Waals surface area contributed by atoms with Crippen molar-refractivity contribution < 1.29 is 32.3 Å². The number of fused-ring (bicyclic) bond motifs is 1. The lowest BCUT2D eigenvalue weighted by Gasteiger charge is -2.10. The SMILES string of the molecule is CCOC(=O)[C@H]1[C@H](C(=O)Nc2cccc(C(F)(F)F)c2)[C@@H]1C(=O)N/N=C/c1c[nH]c2ccccc12. The molecule has 0 radical (unpaired) electrons. The van der Waals surface area contributed by atoms with E-state index in [4.69, 9.17) is 4.74 Å². The Hall–Kier alpha value is -4.15. The molecule has 0 aliphatic heterocycles. The first kappa shape index (κ1) is 24.0. The number of carbonyl (C=O) groups excluding carboxylic acids is 3. The lowest BCUT2D eigenvalue weighted by Crippen LogP contribution is -2.24. The number of ether oxygens (including phenoxy) is 1. The van der Waals surface area contributed by atoms with Crippen LogP contribution < -0.4 is 10.7 Å². The third kappa shape index (κ3) is 5.18. The van der Waals surface area contributed by atoms with Gasteiger partial charge in [0.1, 0.15) is 0 Å². The highest BCUT2D eigenvalue weighted by Crippen LogP contribution is 2.48. The highest BCUT2D eigenvalue weighted by molar-refractivity contribution is 6.05. The fourth-order valence-corrected chi connectivity index (χ4v) is 3.93. The first-order valence-corrected chi connectivity index (χ1v) is 10.7. The van der Waals surface area contributed by atoms with Crippen LogP contribution in [0.3, 0.4) is 0 Å². The second-order valence-electron chi connectivity index (χ2n) is 7.92. The number of alkyl halides is 3. The Balaban J connectivity index is 1.46. The molecule has 0 bridgehead atoms. The van der Waals surface area contributed by atoms with E-state index in [0.717, 1.165) is 34.7 Å². The van der Waals surface area contributed by atoms with E-state index >= 15 is 0 Å². The summed E-state index contributed by atoms with van der Waals surface area (Å²) in [4.78, 5) is 40.8. The fourth-order valence-electron chi connectivity index (χ4n) is 3.93. The van der Waals surface area contributed by atoms with Gasteiger partial charge in [-0.25, -0.2) is 5.43 Å². The molecule has 3 N–H and O–H groups in total. The van der Waals surface area contributed by atoms with Crippen molar-refractivity contribution in [2.45, 2.75) is 13.1 Å². The predicted molar refractivity (Wildman–Crippen MR) is 121 cm³/mol. The van der Waals surface area contributed by atoms with Gasteiger partial charge in [-0.15, -0.1) is 0 Å². The van der Waals surface area contributed by atoms with Crippen molar-refractivity contribution in [1.82, 2.24) is 10.4 Å². The number of H-pyrrole nitrogens is 1. The number of para-hydroxylation sites is 1. The zero-order valence-electron chi connectivity index (χ0n) is 18.4. The summed E-state index contributed by atoms with van der Waals surface area (Å²) in [6.07, 6.45) is -1.45. The summed E-state index contributed by atoms with van der Waals surface area (Å²) < 4.78 is 43.8. The Morgan fingerprint density at radius 3 is 2.54 bits per heavy atom. The van der Waals surface area contributed by atoms with E-state index in [9.17, 15) is 27.6 Å². The van der Waals surface area contributed by atoms with Gasteiger partial charge in [-0.2, -0.15) is 18.3 Å². The maximum atomic E-state index is 13.0. The molecule has 2 aromatic carbocycles. The molecule has 4 rings (SSSR count). The minimum absolute atomic E-state index is 0.0460. The highest BCUT2D eigenvalue weighted by Gasteiger charge is 2.63. The molecule has 182 valence electrons. The number of nitrogens with one attached hydrogen (secondary N) is 3. The Kier molecular flexibility index (Phi) is 6.59. The third-order valence-electron chi connectivity index (χ3n) is 5.64. The number of amides is 2. The summed E-state index contributed by atoms with van der Waals surface area (Å²) in [7, 11) is 0. The van der Waals surface area contributed by atoms with Crippen LogP contribution in [0.4, 0.5) is 18.9 Å². The van der Waals surface area contributed by atoms with Gasteiger partial charge in [0.2, 0.25) is 11.8 Å². The average molecular weight is 486 g/mol. The molecule has 1 heterocycles. The monoisotopic (exact) mass is 486 g/mol. The molecule has 1 aromatic heterocycles. The number of aromatic amines is 1. The van der Waals surface area contributed by atoms with Gasteiger partial charge in [-0.05, 0) is 31.2 Å². The number of hydrogen-bond acceptors (Lipinski definition) is 5. The predicted octanol–water partition coefficient (Wildman–Crippen LogP) is 3.70. The van der Waals surface area contributed by atoms with Crippen LogP contribution in [0.5, 0.6) is 0 Å².